The number of aliphatic hydroxyl groups is 1. The number of fused-ring (bicyclic) bond motifs is 1. The number of hydrogen-bond donors (Lipinski definition) is 1. The number of rotatable bonds is 2. The summed E-state index contributed by atoms with van der Waals surface area (Å²) < 4.78 is 0. The van der Waals surface area contributed by atoms with Crippen LogP contribution in [0.15, 0.2) is 12.2 Å². The second kappa shape index (κ2) is 2.60. The van der Waals surface area contributed by atoms with Gasteiger partial charge < -0.3 is 5.11 Å². The first-order valence-electron chi connectivity index (χ1n) is 5.65. The van der Waals surface area contributed by atoms with Gasteiger partial charge in [0.1, 0.15) is 0 Å². The SMILES string of the molecule is OC1(CC2CC=CC2)CCC2CC21. The standard InChI is InChI=1S/C12H18O/c13-12(6-5-10-7-11(10)12)8-9-3-1-2-4-9/h1-2,9-11,13H,3-8H2. The van der Waals surface area contributed by atoms with Crippen LogP contribution in [0.1, 0.15) is 38.5 Å². The monoisotopic (exact) mass is 178 g/mol. The summed E-state index contributed by atoms with van der Waals surface area (Å²) in [6, 6.07) is 0. The Labute approximate surface area is 79.8 Å². The van der Waals surface area contributed by atoms with Gasteiger partial charge in [-0.05, 0) is 56.3 Å². The Morgan fingerprint density at radius 1 is 1.31 bits per heavy atom. The summed E-state index contributed by atoms with van der Waals surface area (Å²) in [4.78, 5) is 0. The lowest BCUT2D eigenvalue weighted by Gasteiger charge is -2.27. The van der Waals surface area contributed by atoms with Crippen molar-refractivity contribution in [2.45, 2.75) is 44.1 Å². The Kier molecular flexibility index (Phi) is 1.61. The van der Waals surface area contributed by atoms with Gasteiger partial charge in [0.05, 0.1) is 5.60 Å². The largest absolute Gasteiger partial charge is 0.390 e. The van der Waals surface area contributed by atoms with Crippen LogP contribution in [0, 0.1) is 17.8 Å². The van der Waals surface area contributed by atoms with E-state index in [1.807, 2.05) is 0 Å². The minimum atomic E-state index is -0.249. The highest BCUT2D eigenvalue weighted by Crippen LogP contribution is 2.59. The summed E-state index contributed by atoms with van der Waals surface area (Å²) in [5, 5.41) is 10.4. The van der Waals surface area contributed by atoms with Crippen molar-refractivity contribution in [3.63, 3.8) is 0 Å². The molecule has 0 heterocycles. The third-order valence-corrected chi connectivity index (χ3v) is 4.31. The summed E-state index contributed by atoms with van der Waals surface area (Å²) in [5.41, 5.74) is -0.249. The lowest BCUT2D eigenvalue weighted by molar-refractivity contribution is 0.00233. The zero-order valence-electron chi connectivity index (χ0n) is 8.08. The van der Waals surface area contributed by atoms with E-state index in [2.05, 4.69) is 12.2 Å². The molecule has 0 spiro atoms. The fourth-order valence-electron chi connectivity index (χ4n) is 3.44. The maximum absolute atomic E-state index is 10.4. The van der Waals surface area contributed by atoms with Gasteiger partial charge in [0.2, 0.25) is 0 Å². The molecule has 1 heteroatoms. The first kappa shape index (κ1) is 8.05. The first-order chi connectivity index (χ1) is 6.28. The van der Waals surface area contributed by atoms with Gasteiger partial charge in [0, 0.05) is 0 Å². The van der Waals surface area contributed by atoms with E-state index in [-0.39, 0.29) is 5.60 Å². The van der Waals surface area contributed by atoms with Crippen molar-refractivity contribution in [3.05, 3.63) is 12.2 Å². The smallest absolute Gasteiger partial charge is 0.0681 e. The van der Waals surface area contributed by atoms with Gasteiger partial charge in [-0.2, -0.15) is 0 Å². The highest BCUT2D eigenvalue weighted by molar-refractivity contribution is 5.09. The fourth-order valence-corrected chi connectivity index (χ4v) is 3.44. The second-order valence-electron chi connectivity index (χ2n) is 5.26. The van der Waals surface area contributed by atoms with E-state index >= 15 is 0 Å². The lowest BCUT2D eigenvalue weighted by atomic mass is 9.85. The van der Waals surface area contributed by atoms with E-state index in [9.17, 15) is 5.11 Å². The molecule has 0 radical (unpaired) electrons. The van der Waals surface area contributed by atoms with Gasteiger partial charge in [0.15, 0.2) is 0 Å². The van der Waals surface area contributed by atoms with Crippen molar-refractivity contribution < 1.29 is 5.11 Å². The summed E-state index contributed by atoms with van der Waals surface area (Å²) in [7, 11) is 0. The summed E-state index contributed by atoms with van der Waals surface area (Å²) in [6.07, 6.45) is 11.7. The van der Waals surface area contributed by atoms with Crippen molar-refractivity contribution in [3.8, 4) is 0 Å². The van der Waals surface area contributed by atoms with Crippen LogP contribution in [0.3, 0.4) is 0 Å². The Hall–Kier alpha value is -0.300. The molecule has 0 aromatic rings. The molecule has 3 aliphatic rings. The van der Waals surface area contributed by atoms with Crippen molar-refractivity contribution in [1.82, 2.24) is 0 Å². The minimum Gasteiger partial charge on any atom is -0.390 e. The minimum absolute atomic E-state index is 0.249. The molecule has 0 aliphatic heterocycles. The molecule has 3 atom stereocenters. The number of allylic oxidation sites excluding steroid dienone is 2. The highest BCUT2D eigenvalue weighted by atomic mass is 16.3. The Bertz CT molecular complexity index is 238. The van der Waals surface area contributed by atoms with E-state index < -0.39 is 0 Å². The summed E-state index contributed by atoms with van der Waals surface area (Å²) in [5.74, 6) is 2.34. The molecule has 3 aliphatic carbocycles. The molecule has 0 saturated heterocycles. The van der Waals surface area contributed by atoms with Crippen molar-refractivity contribution in [2.75, 3.05) is 0 Å². The predicted molar refractivity (Wildman–Crippen MR) is 52.3 cm³/mol. The molecule has 1 N–H and O–H groups in total. The van der Waals surface area contributed by atoms with Gasteiger partial charge >= 0.3 is 0 Å². The van der Waals surface area contributed by atoms with E-state index in [0.717, 1.165) is 24.7 Å². The second-order valence-corrected chi connectivity index (χ2v) is 5.26. The van der Waals surface area contributed by atoms with Gasteiger partial charge in [-0.1, -0.05) is 12.2 Å². The van der Waals surface area contributed by atoms with E-state index in [0.29, 0.717) is 5.92 Å². The van der Waals surface area contributed by atoms with Crippen LogP contribution in [-0.2, 0) is 0 Å². The molecular weight excluding hydrogens is 160 g/mol. The Morgan fingerprint density at radius 3 is 2.62 bits per heavy atom. The zero-order valence-corrected chi connectivity index (χ0v) is 8.08. The van der Waals surface area contributed by atoms with Crippen molar-refractivity contribution in [2.24, 2.45) is 17.8 Å². The quantitative estimate of drug-likeness (QED) is 0.644. The van der Waals surface area contributed by atoms with Crippen LogP contribution in [0.2, 0.25) is 0 Å². The molecule has 2 fully saturated rings. The first-order valence-corrected chi connectivity index (χ1v) is 5.65. The van der Waals surface area contributed by atoms with E-state index in [4.69, 9.17) is 0 Å². The van der Waals surface area contributed by atoms with Crippen LogP contribution in [0.4, 0.5) is 0 Å². The van der Waals surface area contributed by atoms with Crippen LogP contribution in [0.5, 0.6) is 0 Å². The summed E-state index contributed by atoms with van der Waals surface area (Å²) in [6.45, 7) is 0. The van der Waals surface area contributed by atoms with E-state index in [1.54, 1.807) is 0 Å². The van der Waals surface area contributed by atoms with E-state index in [1.165, 1.54) is 25.7 Å². The molecule has 13 heavy (non-hydrogen) atoms. The van der Waals surface area contributed by atoms with Crippen LogP contribution >= 0.6 is 0 Å². The Balaban J connectivity index is 1.64. The Morgan fingerprint density at radius 2 is 2.08 bits per heavy atom. The average Bonchev–Trinajstić information content (AvgIpc) is 2.63. The third kappa shape index (κ3) is 1.25. The fraction of sp³-hybridized carbons (Fsp3) is 0.833. The van der Waals surface area contributed by atoms with Crippen LogP contribution < -0.4 is 0 Å². The highest BCUT2D eigenvalue weighted by Gasteiger charge is 2.57. The molecular formula is C12H18O. The van der Waals surface area contributed by atoms with Gasteiger partial charge in [-0.25, -0.2) is 0 Å². The predicted octanol–water partition coefficient (Wildman–Crippen LogP) is 2.50. The molecule has 0 aromatic carbocycles. The van der Waals surface area contributed by atoms with Crippen LogP contribution in [0.25, 0.3) is 0 Å². The zero-order chi connectivity index (χ0) is 8.89. The van der Waals surface area contributed by atoms with Gasteiger partial charge in [0.25, 0.3) is 0 Å². The maximum atomic E-state index is 10.4. The lowest BCUT2D eigenvalue weighted by Crippen LogP contribution is -2.31. The van der Waals surface area contributed by atoms with Gasteiger partial charge in [-0.15, -0.1) is 0 Å². The molecule has 3 rings (SSSR count). The normalized spacial score (nSPS) is 48.4. The molecule has 0 bridgehead atoms. The topological polar surface area (TPSA) is 20.2 Å². The summed E-state index contributed by atoms with van der Waals surface area (Å²) >= 11 is 0. The molecule has 3 unspecified atom stereocenters. The molecule has 0 aromatic heterocycles. The average molecular weight is 178 g/mol. The molecule has 72 valence electrons. The molecule has 2 saturated carbocycles. The van der Waals surface area contributed by atoms with Crippen LogP contribution in [-0.4, -0.2) is 10.7 Å². The van der Waals surface area contributed by atoms with Crippen molar-refractivity contribution in [1.29, 1.82) is 0 Å². The molecule has 1 nitrogen and oxygen atoms in total. The number of hydrogen-bond acceptors (Lipinski definition) is 1. The van der Waals surface area contributed by atoms with Crippen molar-refractivity contribution >= 4 is 0 Å². The molecule has 0 amide bonds. The maximum Gasteiger partial charge on any atom is 0.0681 e. The third-order valence-electron chi connectivity index (χ3n) is 4.31. The van der Waals surface area contributed by atoms with Gasteiger partial charge in [-0.3, -0.25) is 0 Å².